The van der Waals surface area contributed by atoms with Gasteiger partial charge in [0.15, 0.2) is 0 Å². The smallest absolute Gasteiger partial charge is 0.315 e. The first-order valence-electron chi connectivity index (χ1n) is 10.9. The molecule has 4 aromatic rings. The monoisotopic (exact) mass is 457 g/mol. The molecule has 2 N–H and O–H groups in total. The van der Waals surface area contributed by atoms with E-state index in [4.69, 9.17) is 0 Å². The number of benzene rings is 3. The van der Waals surface area contributed by atoms with E-state index in [1.54, 1.807) is 41.9 Å². The van der Waals surface area contributed by atoms with E-state index in [9.17, 15) is 14.0 Å². The molecule has 1 aromatic heterocycles. The minimum Gasteiger partial charge on any atom is -0.315 e. The van der Waals surface area contributed by atoms with Crippen LogP contribution in [0.2, 0.25) is 0 Å². The number of anilines is 2. The molecule has 0 bridgehead atoms. The highest BCUT2D eigenvalue weighted by molar-refractivity contribution is 5.97. The number of rotatable bonds is 7. The molecule has 0 radical (unpaired) electrons. The highest BCUT2D eigenvalue weighted by Gasteiger charge is 2.18. The minimum atomic E-state index is -0.382. The topological polar surface area (TPSA) is 79.3 Å². The molecule has 0 aliphatic heterocycles. The second-order valence-corrected chi connectivity index (χ2v) is 7.53. The third-order valence-electron chi connectivity index (χ3n) is 5.15. The van der Waals surface area contributed by atoms with Crippen LogP contribution in [0.5, 0.6) is 0 Å². The fourth-order valence-corrected chi connectivity index (χ4v) is 3.41. The molecule has 0 saturated carbocycles. The number of carbonyl (C=O) groups is 2. The standard InChI is InChI=1S/C26H24FN5O2/c1-2-31(26(34)28-21-11-7-4-8-12-21)18-25(33)29-24-17-23(19-9-5-3-6-10-19)30-32(24)22-15-13-20(27)14-16-22/h3-17H,2,18H2,1H3,(H,28,34)(H,29,33). The van der Waals surface area contributed by atoms with Crippen LogP contribution in [0.4, 0.5) is 20.7 Å². The van der Waals surface area contributed by atoms with Gasteiger partial charge in [0.25, 0.3) is 0 Å². The minimum absolute atomic E-state index is 0.148. The summed E-state index contributed by atoms with van der Waals surface area (Å²) in [7, 11) is 0. The highest BCUT2D eigenvalue weighted by Crippen LogP contribution is 2.25. The summed E-state index contributed by atoms with van der Waals surface area (Å²) < 4.78 is 15.0. The Hall–Kier alpha value is -4.46. The van der Waals surface area contributed by atoms with E-state index in [-0.39, 0.29) is 24.3 Å². The Morgan fingerprint density at radius 1 is 0.912 bits per heavy atom. The van der Waals surface area contributed by atoms with Gasteiger partial charge in [0.1, 0.15) is 18.2 Å². The van der Waals surface area contributed by atoms with Gasteiger partial charge in [-0.05, 0) is 43.3 Å². The van der Waals surface area contributed by atoms with Crippen molar-refractivity contribution in [3.8, 4) is 16.9 Å². The average Bonchev–Trinajstić information content (AvgIpc) is 3.27. The number of halogens is 1. The first-order valence-corrected chi connectivity index (χ1v) is 10.9. The molecule has 1 heterocycles. The number of carbonyl (C=O) groups excluding carboxylic acids is 2. The Labute approximate surface area is 196 Å². The maximum atomic E-state index is 13.5. The van der Waals surface area contributed by atoms with Crippen LogP contribution in [0.15, 0.2) is 91.0 Å². The van der Waals surface area contributed by atoms with Crippen LogP contribution >= 0.6 is 0 Å². The van der Waals surface area contributed by atoms with Gasteiger partial charge in [0.2, 0.25) is 5.91 Å². The molecule has 4 rings (SSSR count). The third-order valence-corrected chi connectivity index (χ3v) is 5.15. The van der Waals surface area contributed by atoms with Gasteiger partial charge < -0.3 is 15.5 Å². The van der Waals surface area contributed by atoms with Crippen molar-refractivity contribution in [3.05, 3.63) is 96.8 Å². The van der Waals surface area contributed by atoms with Gasteiger partial charge in [-0.3, -0.25) is 4.79 Å². The van der Waals surface area contributed by atoms with Crippen molar-refractivity contribution in [1.29, 1.82) is 0 Å². The number of urea groups is 1. The molecular formula is C26H24FN5O2. The summed E-state index contributed by atoms with van der Waals surface area (Å²) >= 11 is 0. The Kier molecular flexibility index (Phi) is 6.98. The second kappa shape index (κ2) is 10.4. The van der Waals surface area contributed by atoms with E-state index in [1.165, 1.54) is 17.0 Å². The zero-order valence-electron chi connectivity index (χ0n) is 18.6. The summed E-state index contributed by atoms with van der Waals surface area (Å²) in [5.74, 6) is -0.337. The van der Waals surface area contributed by atoms with E-state index in [0.717, 1.165) is 5.56 Å². The lowest BCUT2D eigenvalue weighted by Crippen LogP contribution is -2.40. The lowest BCUT2D eigenvalue weighted by molar-refractivity contribution is -0.116. The van der Waals surface area contributed by atoms with Crippen molar-refractivity contribution in [2.75, 3.05) is 23.7 Å². The van der Waals surface area contributed by atoms with Crippen LogP contribution in [-0.2, 0) is 4.79 Å². The molecule has 8 heteroatoms. The van der Waals surface area contributed by atoms with Gasteiger partial charge in [0, 0.05) is 23.9 Å². The summed E-state index contributed by atoms with van der Waals surface area (Å²) in [5, 5.41) is 10.2. The maximum Gasteiger partial charge on any atom is 0.322 e. The van der Waals surface area contributed by atoms with E-state index in [2.05, 4.69) is 15.7 Å². The summed E-state index contributed by atoms with van der Waals surface area (Å²) in [6, 6.07) is 25.8. The summed E-state index contributed by atoms with van der Waals surface area (Å²) in [6.45, 7) is 2.00. The summed E-state index contributed by atoms with van der Waals surface area (Å²) in [6.07, 6.45) is 0. The normalized spacial score (nSPS) is 10.5. The van der Waals surface area contributed by atoms with E-state index >= 15 is 0 Å². The van der Waals surface area contributed by atoms with Gasteiger partial charge in [-0.25, -0.2) is 13.9 Å². The zero-order valence-corrected chi connectivity index (χ0v) is 18.6. The lowest BCUT2D eigenvalue weighted by atomic mass is 10.1. The van der Waals surface area contributed by atoms with Crippen molar-refractivity contribution in [2.24, 2.45) is 0 Å². The van der Waals surface area contributed by atoms with Crippen LogP contribution in [0.3, 0.4) is 0 Å². The maximum absolute atomic E-state index is 13.5. The van der Waals surface area contributed by atoms with Crippen molar-refractivity contribution < 1.29 is 14.0 Å². The van der Waals surface area contributed by atoms with Gasteiger partial charge in [-0.2, -0.15) is 5.10 Å². The predicted molar refractivity (Wildman–Crippen MR) is 130 cm³/mol. The SMILES string of the molecule is CCN(CC(=O)Nc1cc(-c2ccccc2)nn1-c1ccc(F)cc1)C(=O)Nc1ccccc1. The van der Waals surface area contributed by atoms with E-state index in [0.29, 0.717) is 29.4 Å². The zero-order chi connectivity index (χ0) is 23.9. The number of likely N-dealkylation sites (N-methyl/N-ethyl adjacent to an activating group) is 1. The molecule has 0 spiro atoms. The number of hydrogen-bond acceptors (Lipinski definition) is 3. The Bertz CT molecular complexity index is 1260. The fourth-order valence-electron chi connectivity index (χ4n) is 3.41. The van der Waals surface area contributed by atoms with Crippen LogP contribution in [0, 0.1) is 5.82 Å². The Balaban J connectivity index is 1.54. The van der Waals surface area contributed by atoms with Crippen molar-refractivity contribution in [1.82, 2.24) is 14.7 Å². The Morgan fingerprint density at radius 2 is 1.56 bits per heavy atom. The quantitative estimate of drug-likeness (QED) is 0.402. The molecule has 34 heavy (non-hydrogen) atoms. The first-order chi connectivity index (χ1) is 16.5. The number of aromatic nitrogens is 2. The molecule has 0 atom stereocenters. The number of para-hydroxylation sites is 1. The summed E-state index contributed by atoms with van der Waals surface area (Å²) in [5.41, 5.74) is 2.76. The lowest BCUT2D eigenvalue weighted by Gasteiger charge is -2.21. The van der Waals surface area contributed by atoms with E-state index < -0.39 is 0 Å². The van der Waals surface area contributed by atoms with Crippen LogP contribution in [0.1, 0.15) is 6.92 Å². The summed E-state index contributed by atoms with van der Waals surface area (Å²) in [4.78, 5) is 26.9. The van der Waals surface area contributed by atoms with Crippen molar-refractivity contribution in [2.45, 2.75) is 6.92 Å². The average molecular weight is 458 g/mol. The largest absolute Gasteiger partial charge is 0.322 e. The molecule has 0 aliphatic carbocycles. The molecule has 0 saturated heterocycles. The van der Waals surface area contributed by atoms with Crippen molar-refractivity contribution >= 4 is 23.4 Å². The highest BCUT2D eigenvalue weighted by atomic mass is 19.1. The van der Waals surface area contributed by atoms with E-state index in [1.807, 2.05) is 48.5 Å². The van der Waals surface area contributed by atoms with Gasteiger partial charge in [-0.15, -0.1) is 0 Å². The Morgan fingerprint density at radius 3 is 2.21 bits per heavy atom. The number of amides is 3. The van der Waals surface area contributed by atoms with Crippen LogP contribution < -0.4 is 10.6 Å². The molecule has 172 valence electrons. The van der Waals surface area contributed by atoms with Crippen LogP contribution in [0.25, 0.3) is 16.9 Å². The molecular weight excluding hydrogens is 433 g/mol. The first kappa shape index (κ1) is 22.7. The molecule has 7 nitrogen and oxygen atoms in total. The number of nitrogens with one attached hydrogen (secondary N) is 2. The third kappa shape index (κ3) is 5.47. The fraction of sp³-hybridized carbons (Fsp3) is 0.115. The van der Waals surface area contributed by atoms with Gasteiger partial charge >= 0.3 is 6.03 Å². The molecule has 0 unspecified atom stereocenters. The van der Waals surface area contributed by atoms with Gasteiger partial charge in [0.05, 0.1) is 11.4 Å². The van der Waals surface area contributed by atoms with Crippen LogP contribution in [-0.4, -0.2) is 39.7 Å². The van der Waals surface area contributed by atoms with Gasteiger partial charge in [-0.1, -0.05) is 48.5 Å². The molecule has 0 aliphatic rings. The number of nitrogens with zero attached hydrogens (tertiary/aromatic N) is 3. The number of hydrogen-bond donors (Lipinski definition) is 2. The predicted octanol–water partition coefficient (Wildman–Crippen LogP) is 5.17. The molecule has 0 fully saturated rings. The van der Waals surface area contributed by atoms with Crippen molar-refractivity contribution in [3.63, 3.8) is 0 Å². The molecule has 3 amide bonds. The second-order valence-electron chi connectivity index (χ2n) is 7.53. The molecule has 3 aromatic carbocycles.